The van der Waals surface area contributed by atoms with Gasteiger partial charge in [-0.2, -0.15) is 0 Å². The molecule has 3 rings (SSSR count). The SMILES string of the molecule is CC(=O)N[C@H]1C/C=C\C[C@@H](CC(=O)NCc2ccc(Cl)cc2)C(=O)N2CCC[C@H]2COC1=O. The number of esters is 1. The maximum Gasteiger partial charge on any atom is 0.329 e. The van der Waals surface area contributed by atoms with Crippen LogP contribution in [0.25, 0.3) is 0 Å². The van der Waals surface area contributed by atoms with Crippen LogP contribution in [0.2, 0.25) is 5.02 Å². The minimum atomic E-state index is -0.773. The molecule has 0 aromatic heterocycles. The van der Waals surface area contributed by atoms with Gasteiger partial charge in [0.15, 0.2) is 0 Å². The molecule has 9 heteroatoms. The zero-order valence-corrected chi connectivity index (χ0v) is 19.5. The molecule has 2 aliphatic heterocycles. The fourth-order valence-corrected chi connectivity index (χ4v) is 4.26. The summed E-state index contributed by atoms with van der Waals surface area (Å²) >= 11 is 5.90. The highest BCUT2D eigenvalue weighted by Crippen LogP contribution is 2.24. The van der Waals surface area contributed by atoms with Crippen molar-refractivity contribution in [1.82, 2.24) is 15.5 Å². The largest absolute Gasteiger partial charge is 0.462 e. The van der Waals surface area contributed by atoms with Gasteiger partial charge in [0.05, 0.1) is 12.0 Å². The van der Waals surface area contributed by atoms with Crippen molar-refractivity contribution in [3.8, 4) is 0 Å². The molecule has 0 spiro atoms. The number of cyclic esters (lactones) is 1. The molecule has 2 aliphatic rings. The van der Waals surface area contributed by atoms with Gasteiger partial charge in [0, 0.05) is 31.5 Å². The van der Waals surface area contributed by atoms with Gasteiger partial charge in [-0.15, -0.1) is 0 Å². The third-order valence-corrected chi connectivity index (χ3v) is 6.14. The van der Waals surface area contributed by atoms with Crippen LogP contribution < -0.4 is 10.6 Å². The molecule has 3 amide bonds. The molecule has 2 N–H and O–H groups in total. The number of allylic oxidation sites excluding steroid dienone is 1. The molecule has 33 heavy (non-hydrogen) atoms. The number of ether oxygens (including phenoxy) is 1. The fraction of sp³-hybridized carbons (Fsp3) is 0.500. The fourth-order valence-electron chi connectivity index (χ4n) is 4.14. The molecule has 1 saturated heterocycles. The molecule has 2 heterocycles. The summed E-state index contributed by atoms with van der Waals surface area (Å²) < 4.78 is 5.43. The molecule has 1 aromatic rings. The van der Waals surface area contributed by atoms with Crippen LogP contribution in [-0.2, 0) is 30.5 Å². The van der Waals surface area contributed by atoms with E-state index in [-0.39, 0.29) is 43.2 Å². The molecule has 0 bridgehead atoms. The summed E-state index contributed by atoms with van der Waals surface area (Å²) in [7, 11) is 0. The van der Waals surface area contributed by atoms with Gasteiger partial charge < -0.3 is 20.3 Å². The van der Waals surface area contributed by atoms with Crippen LogP contribution in [0.4, 0.5) is 0 Å². The summed E-state index contributed by atoms with van der Waals surface area (Å²) in [4.78, 5) is 51.5. The molecular formula is C24H30ClN3O5. The monoisotopic (exact) mass is 475 g/mol. The standard InChI is InChI=1S/C24H30ClN3O5/c1-16(29)27-21-7-3-2-5-18(13-22(30)26-14-17-8-10-19(25)11-9-17)23(31)28-12-4-6-20(28)15-33-24(21)32/h2-3,8-11,18,20-21H,4-7,12-15H2,1H3,(H,26,30)(H,27,29)/b3-2-/t18-,20-,21-/m0/s1. The zero-order chi connectivity index (χ0) is 23.8. The molecule has 0 saturated carbocycles. The number of nitrogens with zero attached hydrogens (tertiary/aromatic N) is 1. The molecule has 1 aromatic carbocycles. The number of hydrogen-bond donors (Lipinski definition) is 2. The normalized spacial score (nSPS) is 24.7. The summed E-state index contributed by atoms with van der Waals surface area (Å²) in [5, 5.41) is 6.11. The summed E-state index contributed by atoms with van der Waals surface area (Å²) in [6.07, 6.45) is 5.79. The van der Waals surface area contributed by atoms with E-state index < -0.39 is 17.9 Å². The van der Waals surface area contributed by atoms with Gasteiger partial charge in [-0.1, -0.05) is 35.9 Å². The lowest BCUT2D eigenvalue weighted by atomic mass is 9.97. The van der Waals surface area contributed by atoms with Crippen LogP contribution in [0, 0.1) is 5.92 Å². The molecule has 178 valence electrons. The summed E-state index contributed by atoms with van der Waals surface area (Å²) in [5.41, 5.74) is 0.920. The van der Waals surface area contributed by atoms with Crippen LogP contribution in [0.1, 0.15) is 44.6 Å². The topological polar surface area (TPSA) is 105 Å². The second kappa shape index (κ2) is 11.8. The molecule has 8 nitrogen and oxygen atoms in total. The number of rotatable bonds is 5. The van der Waals surface area contributed by atoms with Gasteiger partial charge in [-0.25, -0.2) is 4.79 Å². The first-order valence-electron chi connectivity index (χ1n) is 11.2. The Labute approximate surface area is 198 Å². The number of halogens is 1. The number of carbonyl (C=O) groups is 4. The Hall–Kier alpha value is -2.87. The Balaban J connectivity index is 1.68. The van der Waals surface area contributed by atoms with Crippen LogP contribution in [0.15, 0.2) is 36.4 Å². The predicted molar refractivity (Wildman–Crippen MR) is 123 cm³/mol. The smallest absolute Gasteiger partial charge is 0.329 e. The average Bonchev–Trinajstić information content (AvgIpc) is 3.25. The molecule has 3 atom stereocenters. The number of benzene rings is 1. The molecular weight excluding hydrogens is 446 g/mol. The van der Waals surface area contributed by atoms with Crippen molar-refractivity contribution in [3.05, 3.63) is 47.0 Å². The van der Waals surface area contributed by atoms with E-state index in [4.69, 9.17) is 16.3 Å². The highest BCUT2D eigenvalue weighted by molar-refractivity contribution is 6.30. The summed E-state index contributed by atoms with van der Waals surface area (Å²) in [6, 6.07) is 6.21. The second-order valence-electron chi connectivity index (χ2n) is 8.46. The highest BCUT2D eigenvalue weighted by Gasteiger charge is 2.35. The zero-order valence-electron chi connectivity index (χ0n) is 18.7. The minimum Gasteiger partial charge on any atom is -0.462 e. The van der Waals surface area contributed by atoms with Crippen LogP contribution >= 0.6 is 11.6 Å². The third-order valence-electron chi connectivity index (χ3n) is 5.88. The van der Waals surface area contributed by atoms with Crippen LogP contribution in [0.5, 0.6) is 0 Å². The van der Waals surface area contributed by atoms with Crippen molar-refractivity contribution in [2.75, 3.05) is 13.2 Å². The first-order chi connectivity index (χ1) is 15.8. The van der Waals surface area contributed by atoms with Crippen molar-refractivity contribution in [2.45, 2.75) is 57.7 Å². The number of fused-ring (bicyclic) bond motifs is 1. The molecule has 0 unspecified atom stereocenters. The Morgan fingerprint density at radius 1 is 1.15 bits per heavy atom. The lowest BCUT2D eigenvalue weighted by Crippen LogP contribution is -2.45. The lowest BCUT2D eigenvalue weighted by molar-refractivity contribution is -0.151. The van der Waals surface area contributed by atoms with Crippen molar-refractivity contribution in [2.24, 2.45) is 5.92 Å². The number of carbonyl (C=O) groups excluding carboxylic acids is 4. The first kappa shape index (κ1) is 24.8. The Morgan fingerprint density at radius 3 is 2.61 bits per heavy atom. The van der Waals surface area contributed by atoms with E-state index in [1.165, 1.54) is 6.92 Å². The number of hydrogen-bond acceptors (Lipinski definition) is 5. The minimum absolute atomic E-state index is 0.0644. The van der Waals surface area contributed by atoms with Gasteiger partial charge in [-0.3, -0.25) is 14.4 Å². The molecule has 1 fully saturated rings. The van der Waals surface area contributed by atoms with Crippen molar-refractivity contribution >= 4 is 35.3 Å². The van der Waals surface area contributed by atoms with Crippen molar-refractivity contribution < 1.29 is 23.9 Å². The third kappa shape index (κ3) is 7.32. The van der Waals surface area contributed by atoms with E-state index in [1.807, 2.05) is 12.1 Å². The highest BCUT2D eigenvalue weighted by atomic mass is 35.5. The van der Waals surface area contributed by atoms with Gasteiger partial charge in [0.25, 0.3) is 0 Å². The Bertz CT molecular complexity index is 902. The van der Waals surface area contributed by atoms with Crippen LogP contribution in [-0.4, -0.2) is 53.8 Å². The van der Waals surface area contributed by atoms with E-state index in [9.17, 15) is 19.2 Å². The maximum atomic E-state index is 13.3. The van der Waals surface area contributed by atoms with Gasteiger partial charge in [0.2, 0.25) is 17.7 Å². The molecule has 0 radical (unpaired) electrons. The summed E-state index contributed by atoms with van der Waals surface area (Å²) in [6.45, 7) is 2.36. The Kier molecular flexibility index (Phi) is 8.88. The quantitative estimate of drug-likeness (QED) is 0.502. The maximum absolute atomic E-state index is 13.3. The van der Waals surface area contributed by atoms with E-state index >= 15 is 0 Å². The van der Waals surface area contributed by atoms with Crippen molar-refractivity contribution in [3.63, 3.8) is 0 Å². The van der Waals surface area contributed by atoms with E-state index in [2.05, 4.69) is 10.6 Å². The summed E-state index contributed by atoms with van der Waals surface area (Å²) in [5.74, 6) is -1.64. The van der Waals surface area contributed by atoms with Gasteiger partial charge in [0.1, 0.15) is 12.6 Å². The Morgan fingerprint density at radius 2 is 1.88 bits per heavy atom. The number of nitrogens with one attached hydrogen (secondary N) is 2. The van der Waals surface area contributed by atoms with Gasteiger partial charge >= 0.3 is 5.97 Å². The predicted octanol–water partition coefficient (Wildman–Crippen LogP) is 2.35. The lowest BCUT2D eigenvalue weighted by Gasteiger charge is -2.29. The second-order valence-corrected chi connectivity index (χ2v) is 8.89. The van der Waals surface area contributed by atoms with E-state index in [0.29, 0.717) is 24.5 Å². The van der Waals surface area contributed by atoms with Gasteiger partial charge in [-0.05, 0) is 43.4 Å². The molecule has 0 aliphatic carbocycles. The van der Waals surface area contributed by atoms with E-state index in [1.54, 1.807) is 29.2 Å². The van der Waals surface area contributed by atoms with Crippen LogP contribution in [0.3, 0.4) is 0 Å². The first-order valence-corrected chi connectivity index (χ1v) is 11.6. The van der Waals surface area contributed by atoms with Crippen molar-refractivity contribution in [1.29, 1.82) is 0 Å². The average molecular weight is 476 g/mol. The number of amides is 3. The van der Waals surface area contributed by atoms with E-state index in [0.717, 1.165) is 18.4 Å².